The smallest absolute Gasteiger partial charge is 0.231 e. The van der Waals surface area contributed by atoms with Crippen molar-refractivity contribution in [2.45, 2.75) is 26.3 Å². The van der Waals surface area contributed by atoms with Crippen molar-refractivity contribution < 1.29 is 14.3 Å². The van der Waals surface area contributed by atoms with Crippen LogP contribution >= 0.6 is 0 Å². The number of benzene rings is 2. The fourth-order valence-electron chi connectivity index (χ4n) is 3.31. The minimum atomic E-state index is -0.0628. The maximum Gasteiger partial charge on any atom is 0.231 e. The molecular formula is C20H22N2O3. The lowest BCUT2D eigenvalue weighted by Gasteiger charge is -2.40. The molecule has 0 aliphatic carbocycles. The number of ether oxygens (including phenoxy) is 1. The summed E-state index contributed by atoms with van der Waals surface area (Å²) in [5.74, 6) is 0.778. The number of para-hydroxylation sites is 2. The molecule has 0 aromatic heterocycles. The minimum Gasteiger partial charge on any atom is -0.497 e. The average Bonchev–Trinajstić information content (AvgIpc) is 2.61. The Bertz CT molecular complexity index is 786. The van der Waals surface area contributed by atoms with E-state index in [0.717, 1.165) is 22.7 Å². The zero-order valence-corrected chi connectivity index (χ0v) is 14.7. The highest BCUT2D eigenvalue weighted by Gasteiger charge is 2.32. The van der Waals surface area contributed by atoms with Gasteiger partial charge in [-0.2, -0.15) is 0 Å². The van der Waals surface area contributed by atoms with Crippen molar-refractivity contribution in [2.24, 2.45) is 0 Å². The van der Waals surface area contributed by atoms with Crippen LogP contribution in [0.5, 0.6) is 5.75 Å². The Morgan fingerprint density at radius 3 is 2.32 bits per heavy atom. The molecule has 0 saturated heterocycles. The molecule has 130 valence electrons. The topological polar surface area (TPSA) is 49.9 Å². The number of amides is 2. The van der Waals surface area contributed by atoms with Gasteiger partial charge in [0.1, 0.15) is 5.75 Å². The number of hydrogen-bond acceptors (Lipinski definition) is 3. The zero-order chi connectivity index (χ0) is 18.0. The number of nitrogens with zero attached hydrogens (tertiary/aromatic N) is 2. The highest BCUT2D eigenvalue weighted by molar-refractivity contribution is 6.04. The first kappa shape index (κ1) is 17.0. The van der Waals surface area contributed by atoms with Crippen molar-refractivity contribution in [3.63, 3.8) is 0 Å². The molecule has 25 heavy (non-hydrogen) atoms. The summed E-state index contributed by atoms with van der Waals surface area (Å²) in [4.78, 5) is 28.4. The van der Waals surface area contributed by atoms with Gasteiger partial charge in [-0.05, 0) is 36.8 Å². The molecule has 2 aromatic carbocycles. The number of fused-ring (bicyclic) bond motifs is 1. The van der Waals surface area contributed by atoms with Gasteiger partial charge in [-0.15, -0.1) is 0 Å². The first-order valence-electron chi connectivity index (χ1n) is 8.33. The van der Waals surface area contributed by atoms with Crippen LogP contribution in [0.2, 0.25) is 0 Å². The molecule has 0 radical (unpaired) electrons. The van der Waals surface area contributed by atoms with Crippen molar-refractivity contribution in [3.8, 4) is 5.75 Å². The van der Waals surface area contributed by atoms with Crippen molar-refractivity contribution in [2.75, 3.05) is 23.5 Å². The zero-order valence-electron chi connectivity index (χ0n) is 14.7. The highest BCUT2D eigenvalue weighted by atomic mass is 16.5. The summed E-state index contributed by atoms with van der Waals surface area (Å²) >= 11 is 0. The normalized spacial score (nSPS) is 16.4. The van der Waals surface area contributed by atoms with Gasteiger partial charge in [0, 0.05) is 13.5 Å². The monoisotopic (exact) mass is 338 g/mol. The van der Waals surface area contributed by atoms with Crippen molar-refractivity contribution >= 4 is 23.2 Å². The van der Waals surface area contributed by atoms with Gasteiger partial charge < -0.3 is 14.5 Å². The molecule has 0 spiro atoms. The molecule has 0 saturated carbocycles. The van der Waals surface area contributed by atoms with Crippen LogP contribution in [0.15, 0.2) is 48.5 Å². The Morgan fingerprint density at radius 2 is 1.72 bits per heavy atom. The van der Waals surface area contributed by atoms with Crippen LogP contribution in [-0.4, -0.2) is 31.5 Å². The number of anilines is 2. The van der Waals surface area contributed by atoms with Crippen LogP contribution in [0.25, 0.3) is 0 Å². The van der Waals surface area contributed by atoms with E-state index < -0.39 is 0 Å². The maximum atomic E-state index is 12.9. The molecule has 1 unspecified atom stereocenters. The molecule has 0 N–H and O–H groups in total. The average molecular weight is 338 g/mol. The summed E-state index contributed by atoms with van der Waals surface area (Å²) in [6.45, 7) is 4.01. The number of methoxy groups -OCH3 is 1. The van der Waals surface area contributed by atoms with Crippen LogP contribution in [0.3, 0.4) is 0 Å². The van der Waals surface area contributed by atoms with Crippen LogP contribution < -0.4 is 14.5 Å². The summed E-state index contributed by atoms with van der Waals surface area (Å²) in [6.07, 6.45) is 0.311. The van der Waals surface area contributed by atoms with Gasteiger partial charge in [-0.3, -0.25) is 9.59 Å². The SMILES string of the molecule is COc1ccc(CC(=O)N2CC(C)N(C(C)=O)c3ccccc32)cc1. The van der Waals surface area contributed by atoms with Gasteiger partial charge in [0.15, 0.2) is 0 Å². The van der Waals surface area contributed by atoms with E-state index in [2.05, 4.69) is 0 Å². The standard InChI is InChI=1S/C20H22N2O3/c1-14-13-21(18-6-4-5-7-19(18)22(14)15(2)23)20(24)12-16-8-10-17(25-3)11-9-16/h4-11,14H,12-13H2,1-3H3. The molecule has 0 bridgehead atoms. The fourth-order valence-corrected chi connectivity index (χ4v) is 3.31. The predicted molar refractivity (Wildman–Crippen MR) is 98.1 cm³/mol. The molecule has 5 heteroatoms. The minimum absolute atomic E-state index is 0.0118. The van der Waals surface area contributed by atoms with Gasteiger partial charge in [-0.1, -0.05) is 24.3 Å². The number of rotatable bonds is 3. The molecule has 1 aliphatic rings. The Kier molecular flexibility index (Phi) is 4.74. The third kappa shape index (κ3) is 3.36. The largest absolute Gasteiger partial charge is 0.497 e. The lowest BCUT2D eigenvalue weighted by molar-refractivity contribution is -0.119. The van der Waals surface area contributed by atoms with Crippen LogP contribution in [-0.2, 0) is 16.0 Å². The highest BCUT2D eigenvalue weighted by Crippen LogP contribution is 2.35. The summed E-state index contributed by atoms with van der Waals surface area (Å²) < 4.78 is 5.15. The van der Waals surface area contributed by atoms with E-state index >= 15 is 0 Å². The summed E-state index contributed by atoms with van der Waals surface area (Å²) in [5.41, 5.74) is 2.51. The Balaban J connectivity index is 1.87. The van der Waals surface area contributed by atoms with E-state index in [9.17, 15) is 9.59 Å². The molecule has 1 atom stereocenters. The quantitative estimate of drug-likeness (QED) is 0.864. The van der Waals surface area contributed by atoms with E-state index in [1.807, 2.05) is 55.5 Å². The molecule has 1 aliphatic heterocycles. The van der Waals surface area contributed by atoms with Crippen molar-refractivity contribution in [3.05, 3.63) is 54.1 Å². The second-order valence-corrected chi connectivity index (χ2v) is 6.26. The first-order valence-corrected chi connectivity index (χ1v) is 8.33. The molecular weight excluding hydrogens is 316 g/mol. The summed E-state index contributed by atoms with van der Waals surface area (Å²) in [6, 6.07) is 15.0. The van der Waals surface area contributed by atoms with Crippen LogP contribution in [0, 0.1) is 0 Å². The first-order chi connectivity index (χ1) is 12.0. The molecule has 1 heterocycles. The molecule has 2 aromatic rings. The second-order valence-electron chi connectivity index (χ2n) is 6.26. The van der Waals surface area contributed by atoms with Gasteiger partial charge >= 0.3 is 0 Å². The number of hydrogen-bond donors (Lipinski definition) is 0. The molecule has 0 fully saturated rings. The summed E-state index contributed by atoms with van der Waals surface area (Å²) in [7, 11) is 1.62. The summed E-state index contributed by atoms with van der Waals surface area (Å²) in [5, 5.41) is 0. The van der Waals surface area contributed by atoms with Gasteiger partial charge in [-0.25, -0.2) is 0 Å². The molecule has 3 rings (SSSR count). The third-order valence-corrected chi connectivity index (χ3v) is 4.47. The molecule has 5 nitrogen and oxygen atoms in total. The van der Waals surface area contributed by atoms with Crippen LogP contribution in [0.4, 0.5) is 11.4 Å². The third-order valence-electron chi connectivity index (χ3n) is 4.47. The lowest BCUT2D eigenvalue weighted by atomic mass is 10.1. The number of carbonyl (C=O) groups excluding carboxylic acids is 2. The van der Waals surface area contributed by atoms with E-state index in [1.54, 1.807) is 23.8 Å². The van der Waals surface area contributed by atoms with Gasteiger partial charge in [0.25, 0.3) is 0 Å². The lowest BCUT2D eigenvalue weighted by Crippen LogP contribution is -2.51. The Labute approximate surface area is 147 Å². The van der Waals surface area contributed by atoms with Gasteiger partial charge in [0.05, 0.1) is 30.9 Å². The second kappa shape index (κ2) is 6.97. The fraction of sp³-hybridized carbons (Fsp3) is 0.300. The Hall–Kier alpha value is -2.82. The van der Waals surface area contributed by atoms with E-state index in [0.29, 0.717) is 13.0 Å². The van der Waals surface area contributed by atoms with Crippen molar-refractivity contribution in [1.29, 1.82) is 0 Å². The van der Waals surface area contributed by atoms with E-state index in [-0.39, 0.29) is 17.9 Å². The van der Waals surface area contributed by atoms with E-state index in [4.69, 9.17) is 4.74 Å². The predicted octanol–water partition coefficient (Wildman–Crippen LogP) is 3.03. The van der Waals surface area contributed by atoms with Crippen molar-refractivity contribution in [1.82, 2.24) is 0 Å². The van der Waals surface area contributed by atoms with E-state index in [1.165, 1.54) is 0 Å². The molecule has 2 amide bonds. The van der Waals surface area contributed by atoms with Crippen LogP contribution in [0.1, 0.15) is 19.4 Å². The Morgan fingerprint density at radius 1 is 1.08 bits per heavy atom. The number of carbonyl (C=O) groups is 2. The van der Waals surface area contributed by atoms with Gasteiger partial charge in [0.2, 0.25) is 11.8 Å². The maximum absolute atomic E-state index is 12.9.